The zero-order valence-corrected chi connectivity index (χ0v) is 12.9. The molecule has 22 heavy (non-hydrogen) atoms. The molecule has 2 amide bonds. The first-order valence-corrected chi connectivity index (χ1v) is 7.60. The molecule has 7 nitrogen and oxygen atoms in total. The van der Waals surface area contributed by atoms with Crippen molar-refractivity contribution < 1.29 is 9.59 Å². The fourth-order valence-electron chi connectivity index (χ4n) is 2.48. The minimum Gasteiger partial charge on any atom is -0.365 e. The normalized spacial score (nSPS) is 15.6. The van der Waals surface area contributed by atoms with Crippen LogP contribution >= 0.6 is 0 Å². The van der Waals surface area contributed by atoms with Gasteiger partial charge in [0.05, 0.1) is 12.1 Å². The van der Waals surface area contributed by atoms with Gasteiger partial charge in [-0.15, -0.1) is 0 Å². The molecule has 2 heterocycles. The third-order valence-electron chi connectivity index (χ3n) is 3.66. The van der Waals surface area contributed by atoms with Gasteiger partial charge in [-0.3, -0.25) is 14.5 Å². The standard InChI is InChI=1S/C15H23N5O2/c1-2-5-17-13(21)11-19-7-9-20(10-8-19)15-12(14(16)22)4-3-6-18-15/h3-4,6H,2,5,7-11H2,1H3,(H2,16,22)(H,17,21). The van der Waals surface area contributed by atoms with Gasteiger partial charge in [-0.2, -0.15) is 0 Å². The molecule has 0 atom stereocenters. The van der Waals surface area contributed by atoms with Crippen molar-refractivity contribution in [3.8, 4) is 0 Å². The highest BCUT2D eigenvalue weighted by Gasteiger charge is 2.22. The molecule has 2 rings (SSSR count). The molecule has 7 heteroatoms. The van der Waals surface area contributed by atoms with Gasteiger partial charge in [0.1, 0.15) is 5.82 Å². The van der Waals surface area contributed by atoms with Gasteiger partial charge < -0.3 is 16.0 Å². The number of hydrogen-bond acceptors (Lipinski definition) is 5. The van der Waals surface area contributed by atoms with E-state index in [1.54, 1.807) is 18.3 Å². The number of hydrogen-bond donors (Lipinski definition) is 2. The van der Waals surface area contributed by atoms with Crippen LogP contribution in [0, 0.1) is 0 Å². The number of carbonyl (C=O) groups excluding carboxylic acids is 2. The maximum Gasteiger partial charge on any atom is 0.252 e. The first kappa shape index (κ1) is 16.2. The molecule has 0 aliphatic carbocycles. The Labute approximate surface area is 130 Å². The fourth-order valence-corrected chi connectivity index (χ4v) is 2.48. The summed E-state index contributed by atoms with van der Waals surface area (Å²) < 4.78 is 0. The SMILES string of the molecule is CCCNC(=O)CN1CCN(c2ncccc2C(N)=O)CC1. The first-order chi connectivity index (χ1) is 10.6. The fraction of sp³-hybridized carbons (Fsp3) is 0.533. The summed E-state index contributed by atoms with van der Waals surface area (Å²) in [7, 11) is 0. The molecule has 0 spiro atoms. The van der Waals surface area contributed by atoms with Crippen LogP contribution in [0.5, 0.6) is 0 Å². The van der Waals surface area contributed by atoms with Gasteiger partial charge >= 0.3 is 0 Å². The number of anilines is 1. The lowest BCUT2D eigenvalue weighted by molar-refractivity contribution is -0.122. The summed E-state index contributed by atoms with van der Waals surface area (Å²) in [6.07, 6.45) is 2.60. The van der Waals surface area contributed by atoms with Gasteiger partial charge in [0.15, 0.2) is 0 Å². The first-order valence-electron chi connectivity index (χ1n) is 7.60. The van der Waals surface area contributed by atoms with Crippen LogP contribution in [-0.4, -0.2) is 61.0 Å². The van der Waals surface area contributed by atoms with Crippen LogP contribution in [0.1, 0.15) is 23.7 Å². The van der Waals surface area contributed by atoms with E-state index in [4.69, 9.17) is 5.73 Å². The zero-order valence-electron chi connectivity index (χ0n) is 12.9. The lowest BCUT2D eigenvalue weighted by atomic mass is 10.2. The Morgan fingerprint density at radius 1 is 1.32 bits per heavy atom. The molecule has 0 saturated carbocycles. The van der Waals surface area contributed by atoms with Crippen LogP contribution in [0.3, 0.4) is 0 Å². The molecular weight excluding hydrogens is 282 g/mol. The highest BCUT2D eigenvalue weighted by Crippen LogP contribution is 2.18. The molecule has 0 unspecified atom stereocenters. The minimum absolute atomic E-state index is 0.0611. The number of primary amides is 1. The second-order valence-corrected chi connectivity index (χ2v) is 5.35. The molecule has 0 bridgehead atoms. The third-order valence-corrected chi connectivity index (χ3v) is 3.66. The highest BCUT2D eigenvalue weighted by molar-refractivity contribution is 5.97. The summed E-state index contributed by atoms with van der Waals surface area (Å²) in [6.45, 7) is 6.12. The number of nitrogens with two attached hydrogens (primary N) is 1. The number of pyridine rings is 1. The summed E-state index contributed by atoms with van der Waals surface area (Å²) >= 11 is 0. The monoisotopic (exact) mass is 305 g/mol. The molecule has 1 saturated heterocycles. The molecule has 1 aliphatic heterocycles. The number of carbonyl (C=O) groups is 2. The number of amides is 2. The van der Waals surface area contributed by atoms with Crippen LogP contribution < -0.4 is 16.0 Å². The van der Waals surface area contributed by atoms with E-state index in [0.29, 0.717) is 24.5 Å². The van der Waals surface area contributed by atoms with Crippen LogP contribution in [-0.2, 0) is 4.79 Å². The van der Waals surface area contributed by atoms with Crippen LogP contribution in [0.2, 0.25) is 0 Å². The minimum atomic E-state index is -0.468. The van der Waals surface area contributed by atoms with E-state index in [1.165, 1.54) is 0 Å². The zero-order chi connectivity index (χ0) is 15.9. The van der Waals surface area contributed by atoms with Crippen molar-refractivity contribution in [2.75, 3.05) is 44.2 Å². The van der Waals surface area contributed by atoms with Crippen molar-refractivity contribution in [1.82, 2.24) is 15.2 Å². The summed E-state index contributed by atoms with van der Waals surface area (Å²) in [6, 6.07) is 3.40. The Morgan fingerprint density at radius 3 is 2.68 bits per heavy atom. The maximum absolute atomic E-state index is 11.7. The topological polar surface area (TPSA) is 91.6 Å². The van der Waals surface area contributed by atoms with Crippen molar-refractivity contribution in [2.24, 2.45) is 5.73 Å². The lowest BCUT2D eigenvalue weighted by Crippen LogP contribution is -2.50. The van der Waals surface area contributed by atoms with Crippen LogP contribution in [0.15, 0.2) is 18.3 Å². The van der Waals surface area contributed by atoms with Crippen molar-refractivity contribution in [1.29, 1.82) is 0 Å². The van der Waals surface area contributed by atoms with E-state index in [-0.39, 0.29) is 5.91 Å². The molecule has 3 N–H and O–H groups in total. The lowest BCUT2D eigenvalue weighted by Gasteiger charge is -2.35. The quantitative estimate of drug-likeness (QED) is 0.761. The molecule has 1 aromatic heterocycles. The third kappa shape index (κ3) is 4.17. The molecule has 0 radical (unpaired) electrons. The van der Waals surface area contributed by atoms with E-state index in [9.17, 15) is 9.59 Å². The number of aromatic nitrogens is 1. The number of piperazine rings is 1. The van der Waals surface area contributed by atoms with Gasteiger partial charge in [-0.05, 0) is 18.6 Å². The highest BCUT2D eigenvalue weighted by atomic mass is 16.2. The average Bonchev–Trinajstić information content (AvgIpc) is 2.53. The van der Waals surface area contributed by atoms with E-state index in [2.05, 4.69) is 15.2 Å². The molecule has 1 aromatic rings. The summed E-state index contributed by atoms with van der Waals surface area (Å²) in [4.78, 5) is 31.6. The summed E-state index contributed by atoms with van der Waals surface area (Å²) in [5.74, 6) is 0.223. The Morgan fingerprint density at radius 2 is 2.05 bits per heavy atom. The Balaban J connectivity index is 1.90. The number of nitrogens with zero attached hydrogens (tertiary/aromatic N) is 3. The van der Waals surface area contributed by atoms with E-state index in [1.807, 2.05) is 11.8 Å². The molecule has 1 fully saturated rings. The second kappa shape index (κ2) is 7.74. The Kier molecular flexibility index (Phi) is 5.71. The molecule has 120 valence electrons. The number of rotatable bonds is 6. The van der Waals surface area contributed by atoms with Crippen molar-refractivity contribution >= 4 is 17.6 Å². The predicted octanol–water partition coefficient (Wildman–Crippen LogP) is -0.171. The maximum atomic E-state index is 11.7. The van der Waals surface area contributed by atoms with Crippen molar-refractivity contribution in [3.05, 3.63) is 23.9 Å². The predicted molar refractivity (Wildman–Crippen MR) is 84.7 cm³/mol. The van der Waals surface area contributed by atoms with E-state index >= 15 is 0 Å². The van der Waals surface area contributed by atoms with Gasteiger partial charge in [-0.25, -0.2) is 4.98 Å². The Hall–Kier alpha value is -2.15. The molecule has 0 aromatic carbocycles. The van der Waals surface area contributed by atoms with E-state index < -0.39 is 5.91 Å². The van der Waals surface area contributed by atoms with Gasteiger partial charge in [-0.1, -0.05) is 6.92 Å². The van der Waals surface area contributed by atoms with Gasteiger partial charge in [0.2, 0.25) is 5.91 Å². The van der Waals surface area contributed by atoms with Crippen molar-refractivity contribution in [2.45, 2.75) is 13.3 Å². The summed E-state index contributed by atoms with van der Waals surface area (Å²) in [5.41, 5.74) is 5.83. The second-order valence-electron chi connectivity index (χ2n) is 5.35. The number of nitrogens with one attached hydrogen (secondary N) is 1. The van der Waals surface area contributed by atoms with Gasteiger partial charge in [0, 0.05) is 38.9 Å². The smallest absolute Gasteiger partial charge is 0.252 e. The largest absolute Gasteiger partial charge is 0.365 e. The Bertz CT molecular complexity index is 526. The molecule has 1 aliphatic rings. The molecular formula is C15H23N5O2. The summed E-state index contributed by atoms with van der Waals surface area (Å²) in [5, 5.41) is 2.88. The van der Waals surface area contributed by atoms with Gasteiger partial charge in [0.25, 0.3) is 5.91 Å². The van der Waals surface area contributed by atoms with E-state index in [0.717, 1.165) is 32.6 Å². The van der Waals surface area contributed by atoms with Crippen LogP contribution in [0.4, 0.5) is 5.82 Å². The van der Waals surface area contributed by atoms with Crippen molar-refractivity contribution in [3.63, 3.8) is 0 Å². The average molecular weight is 305 g/mol. The van der Waals surface area contributed by atoms with Crippen LogP contribution in [0.25, 0.3) is 0 Å².